The third kappa shape index (κ3) is 3.54. The van der Waals surface area contributed by atoms with Gasteiger partial charge in [0.2, 0.25) is 0 Å². The van der Waals surface area contributed by atoms with Crippen LogP contribution in [0.15, 0.2) is 65.2 Å². The summed E-state index contributed by atoms with van der Waals surface area (Å²) in [5, 5.41) is 20.8. The molecule has 1 heterocycles. The lowest BCUT2D eigenvalue weighted by Crippen LogP contribution is -2.54. The van der Waals surface area contributed by atoms with Crippen molar-refractivity contribution in [2.75, 3.05) is 5.01 Å². The third-order valence-electron chi connectivity index (χ3n) is 3.27. The van der Waals surface area contributed by atoms with Crippen molar-refractivity contribution in [1.29, 1.82) is 0 Å². The monoisotopic (exact) mass is 352 g/mol. The summed E-state index contributed by atoms with van der Waals surface area (Å²) < 4.78 is 31.0. The van der Waals surface area contributed by atoms with Crippen molar-refractivity contribution < 1.29 is 28.0 Å². The molecule has 2 rings (SSSR count). The van der Waals surface area contributed by atoms with E-state index in [9.17, 15) is 23.4 Å². The Morgan fingerprint density at radius 3 is 2.38 bits per heavy atom. The molecule has 1 aliphatic heterocycles. The molecule has 8 nitrogen and oxygen atoms in total. The summed E-state index contributed by atoms with van der Waals surface area (Å²) in [4.78, 5) is 11.1. The number of aliphatic hydroxyl groups is 1. The van der Waals surface area contributed by atoms with Crippen LogP contribution in [-0.4, -0.2) is 34.9 Å². The third-order valence-corrected chi connectivity index (χ3v) is 4.14. The van der Waals surface area contributed by atoms with E-state index in [-0.39, 0.29) is 10.5 Å². The first kappa shape index (κ1) is 17.9. The molecule has 0 aliphatic carbocycles. The standard InChI is InChI=1S/C15H16N2O6S/c1-2-3-4-5-11-10-17(16-15(11,20)14(18)19)12-6-8-13(9-7-12)24(21,22)23/h2-10,16,20H,1H3,(H,18,19)(H,21,22,23). The molecular formula is C15H16N2O6S. The molecule has 1 aromatic carbocycles. The van der Waals surface area contributed by atoms with Crippen LogP contribution >= 0.6 is 0 Å². The number of carboxylic acid groups (broad SMARTS) is 1. The number of nitrogens with one attached hydrogen (secondary N) is 1. The van der Waals surface area contributed by atoms with Gasteiger partial charge in [-0.25, -0.2) is 4.79 Å². The van der Waals surface area contributed by atoms with Crippen LogP contribution in [-0.2, 0) is 14.9 Å². The van der Waals surface area contributed by atoms with Crippen molar-refractivity contribution >= 4 is 21.8 Å². The maximum atomic E-state index is 11.4. The molecule has 0 radical (unpaired) electrons. The van der Waals surface area contributed by atoms with Gasteiger partial charge in [-0.15, -0.1) is 0 Å². The molecule has 1 atom stereocenters. The zero-order valence-electron chi connectivity index (χ0n) is 12.6. The van der Waals surface area contributed by atoms with Gasteiger partial charge in [-0.2, -0.15) is 13.8 Å². The van der Waals surface area contributed by atoms with E-state index >= 15 is 0 Å². The summed E-state index contributed by atoms with van der Waals surface area (Å²) in [7, 11) is -4.32. The number of allylic oxidation sites excluding steroid dienone is 3. The first-order valence-corrected chi connectivity index (χ1v) is 8.24. The van der Waals surface area contributed by atoms with Crippen LogP contribution in [0.25, 0.3) is 0 Å². The number of carbonyl (C=O) groups is 1. The molecule has 0 fully saturated rings. The van der Waals surface area contributed by atoms with Crippen LogP contribution in [0.2, 0.25) is 0 Å². The van der Waals surface area contributed by atoms with Gasteiger partial charge in [0.15, 0.2) is 0 Å². The second-order valence-electron chi connectivity index (χ2n) is 4.94. The summed E-state index contributed by atoms with van der Waals surface area (Å²) >= 11 is 0. The summed E-state index contributed by atoms with van der Waals surface area (Å²) in [6.07, 6.45) is 7.80. The number of hydrogen-bond donors (Lipinski definition) is 4. The lowest BCUT2D eigenvalue weighted by atomic mass is 10.1. The van der Waals surface area contributed by atoms with Gasteiger partial charge in [0.25, 0.3) is 15.8 Å². The molecule has 0 aromatic heterocycles. The van der Waals surface area contributed by atoms with Gasteiger partial charge < -0.3 is 10.2 Å². The van der Waals surface area contributed by atoms with Crippen LogP contribution in [0, 0.1) is 0 Å². The number of rotatable bonds is 5. The Labute approximate surface area is 138 Å². The first-order valence-electron chi connectivity index (χ1n) is 6.80. The van der Waals surface area contributed by atoms with Gasteiger partial charge in [-0.05, 0) is 31.2 Å². The molecular weight excluding hydrogens is 336 g/mol. The number of benzene rings is 1. The van der Waals surface area contributed by atoms with E-state index in [4.69, 9.17) is 4.55 Å². The van der Waals surface area contributed by atoms with Crippen LogP contribution < -0.4 is 10.4 Å². The zero-order valence-corrected chi connectivity index (χ0v) is 13.4. The minimum absolute atomic E-state index is 0.0898. The summed E-state index contributed by atoms with van der Waals surface area (Å²) in [5.74, 6) is -1.49. The van der Waals surface area contributed by atoms with Crippen molar-refractivity contribution in [3.8, 4) is 0 Å². The molecule has 1 aliphatic rings. The number of nitrogens with zero attached hydrogens (tertiary/aromatic N) is 1. The van der Waals surface area contributed by atoms with E-state index in [0.717, 1.165) is 12.1 Å². The van der Waals surface area contributed by atoms with E-state index in [1.54, 1.807) is 25.2 Å². The van der Waals surface area contributed by atoms with Gasteiger partial charge in [0.05, 0.1) is 10.6 Å². The fourth-order valence-corrected chi connectivity index (χ4v) is 2.51. The molecule has 9 heteroatoms. The predicted octanol–water partition coefficient (Wildman–Crippen LogP) is 1.05. The van der Waals surface area contributed by atoms with Crippen LogP contribution in [0.5, 0.6) is 0 Å². The molecule has 128 valence electrons. The average molecular weight is 352 g/mol. The fourth-order valence-electron chi connectivity index (χ4n) is 2.03. The molecule has 0 bridgehead atoms. The Morgan fingerprint density at radius 2 is 1.88 bits per heavy atom. The van der Waals surface area contributed by atoms with Gasteiger partial charge in [0, 0.05) is 11.8 Å². The van der Waals surface area contributed by atoms with Gasteiger partial charge in [0.1, 0.15) is 0 Å². The van der Waals surface area contributed by atoms with Crippen LogP contribution in [0.1, 0.15) is 6.92 Å². The number of carboxylic acids is 1. The minimum Gasteiger partial charge on any atom is -0.478 e. The minimum atomic E-state index is -4.32. The number of hydrazine groups is 1. The predicted molar refractivity (Wildman–Crippen MR) is 86.5 cm³/mol. The molecule has 0 saturated heterocycles. The van der Waals surface area contributed by atoms with Crippen LogP contribution in [0.3, 0.4) is 0 Å². The topological polar surface area (TPSA) is 127 Å². The fraction of sp³-hybridized carbons (Fsp3) is 0.133. The summed E-state index contributed by atoms with van der Waals surface area (Å²) in [5.41, 5.74) is 0.570. The lowest BCUT2D eigenvalue weighted by Gasteiger charge is -2.24. The molecule has 4 N–H and O–H groups in total. The van der Waals surface area contributed by atoms with Gasteiger partial charge in [-0.1, -0.05) is 24.3 Å². The number of aliphatic carboxylic acids is 1. The van der Waals surface area contributed by atoms with E-state index in [1.807, 2.05) is 0 Å². The molecule has 0 saturated carbocycles. The highest BCUT2D eigenvalue weighted by Crippen LogP contribution is 2.28. The van der Waals surface area contributed by atoms with E-state index in [0.29, 0.717) is 5.69 Å². The van der Waals surface area contributed by atoms with E-state index in [2.05, 4.69) is 5.43 Å². The summed E-state index contributed by atoms with van der Waals surface area (Å²) in [6, 6.07) is 5.03. The Kier molecular flexibility index (Phi) is 4.90. The molecule has 1 unspecified atom stereocenters. The van der Waals surface area contributed by atoms with Crippen LogP contribution in [0.4, 0.5) is 5.69 Å². The largest absolute Gasteiger partial charge is 0.478 e. The quantitative estimate of drug-likeness (QED) is 0.457. The average Bonchev–Trinajstić information content (AvgIpc) is 2.86. The van der Waals surface area contributed by atoms with Crippen molar-refractivity contribution in [2.24, 2.45) is 0 Å². The number of anilines is 1. The molecule has 0 spiro atoms. The van der Waals surface area contributed by atoms with Crippen molar-refractivity contribution in [1.82, 2.24) is 5.43 Å². The highest BCUT2D eigenvalue weighted by atomic mass is 32.2. The normalized spacial score (nSPS) is 21.6. The zero-order chi connectivity index (χ0) is 18.0. The van der Waals surface area contributed by atoms with Crippen molar-refractivity contribution in [2.45, 2.75) is 17.5 Å². The first-order chi connectivity index (χ1) is 11.2. The maximum Gasteiger partial charge on any atom is 0.358 e. The maximum absolute atomic E-state index is 11.4. The second-order valence-corrected chi connectivity index (χ2v) is 6.36. The molecule has 1 aromatic rings. The van der Waals surface area contributed by atoms with Gasteiger partial charge in [-0.3, -0.25) is 9.56 Å². The highest BCUT2D eigenvalue weighted by Gasteiger charge is 2.45. The molecule has 0 amide bonds. The number of hydrogen-bond acceptors (Lipinski definition) is 6. The Bertz CT molecular complexity index is 826. The smallest absolute Gasteiger partial charge is 0.358 e. The van der Waals surface area contributed by atoms with E-state index in [1.165, 1.54) is 29.4 Å². The van der Waals surface area contributed by atoms with Crippen molar-refractivity contribution in [3.05, 3.63) is 60.3 Å². The Balaban J connectivity index is 2.36. The Hall–Kier alpha value is -2.46. The lowest BCUT2D eigenvalue weighted by molar-refractivity contribution is -0.156. The Morgan fingerprint density at radius 1 is 1.25 bits per heavy atom. The van der Waals surface area contributed by atoms with Crippen molar-refractivity contribution in [3.63, 3.8) is 0 Å². The van der Waals surface area contributed by atoms with Gasteiger partial charge >= 0.3 is 5.97 Å². The highest BCUT2D eigenvalue weighted by molar-refractivity contribution is 7.85. The van der Waals surface area contributed by atoms with E-state index < -0.39 is 21.8 Å². The summed E-state index contributed by atoms with van der Waals surface area (Å²) in [6.45, 7) is 1.79. The molecule has 24 heavy (non-hydrogen) atoms. The second kappa shape index (κ2) is 6.57. The SMILES string of the molecule is CC=CC=CC1=CN(c2ccc(S(=O)(=O)O)cc2)NC1(O)C(=O)O.